The lowest BCUT2D eigenvalue weighted by atomic mass is 10.1. The van der Waals surface area contributed by atoms with Gasteiger partial charge < -0.3 is 10.3 Å². The summed E-state index contributed by atoms with van der Waals surface area (Å²) in [6, 6.07) is 4.96. The van der Waals surface area contributed by atoms with Crippen molar-refractivity contribution in [2.24, 2.45) is 17.6 Å². The average molecular weight is 376 g/mol. The molecule has 1 aromatic carbocycles. The fourth-order valence-corrected chi connectivity index (χ4v) is 3.16. The van der Waals surface area contributed by atoms with E-state index in [1.807, 2.05) is 13.0 Å². The molecule has 1 aromatic heterocycles. The summed E-state index contributed by atoms with van der Waals surface area (Å²) in [5, 5.41) is 1.17. The number of aromatic nitrogens is 1. The fraction of sp³-hybridized carbons (Fsp3) is 0.400. The van der Waals surface area contributed by atoms with Crippen molar-refractivity contribution in [2.75, 3.05) is 0 Å². The summed E-state index contributed by atoms with van der Waals surface area (Å²) in [6.07, 6.45) is 2.85. The van der Waals surface area contributed by atoms with Gasteiger partial charge in [-0.15, -0.1) is 12.4 Å². The topological polar surface area (TPSA) is 48.0 Å². The molecule has 0 aliphatic heterocycles. The number of hydrogen-bond acceptors (Lipinski definition) is 2. The van der Waals surface area contributed by atoms with E-state index in [1.54, 1.807) is 16.8 Å². The Bertz CT molecular complexity index is 731. The van der Waals surface area contributed by atoms with Crippen molar-refractivity contribution in [2.45, 2.75) is 25.9 Å². The quantitative estimate of drug-likeness (QED) is 0.895. The molecule has 0 saturated heterocycles. The smallest absolute Gasteiger partial charge is 0.258 e. The van der Waals surface area contributed by atoms with Crippen molar-refractivity contribution in [3.05, 3.63) is 45.0 Å². The van der Waals surface area contributed by atoms with E-state index in [9.17, 15) is 9.18 Å². The molecule has 0 radical (unpaired) electrons. The molecular weight excluding hydrogens is 359 g/mol. The van der Waals surface area contributed by atoms with Gasteiger partial charge in [0.25, 0.3) is 5.56 Å². The van der Waals surface area contributed by atoms with E-state index in [-0.39, 0.29) is 24.0 Å². The van der Waals surface area contributed by atoms with Crippen LogP contribution in [0.15, 0.2) is 33.7 Å². The fourth-order valence-electron chi connectivity index (χ4n) is 2.80. The molecule has 0 spiro atoms. The normalized spacial score (nSPS) is 21.9. The van der Waals surface area contributed by atoms with Gasteiger partial charge in [0.1, 0.15) is 5.82 Å². The van der Waals surface area contributed by atoms with Crippen molar-refractivity contribution in [1.29, 1.82) is 0 Å². The highest BCUT2D eigenvalue weighted by atomic mass is 79.9. The highest BCUT2D eigenvalue weighted by molar-refractivity contribution is 9.10. The number of hydrogen-bond donors (Lipinski definition) is 1. The van der Waals surface area contributed by atoms with Gasteiger partial charge in [-0.05, 0) is 64.7 Å². The van der Waals surface area contributed by atoms with Crippen molar-refractivity contribution in [3.8, 4) is 0 Å². The Labute approximate surface area is 136 Å². The summed E-state index contributed by atoms with van der Waals surface area (Å²) < 4.78 is 15.6. The first kappa shape index (κ1) is 16.5. The number of fused-ring (bicyclic) bond motifs is 1. The number of nitrogens with two attached hydrogens (primary N) is 1. The Morgan fingerprint density at radius 2 is 2.24 bits per heavy atom. The Morgan fingerprint density at radius 1 is 1.52 bits per heavy atom. The second-order valence-corrected chi connectivity index (χ2v) is 6.50. The predicted molar refractivity (Wildman–Crippen MR) is 88.4 cm³/mol. The standard InChI is InChI=1S/C15H16BrFN2O.ClH/c1-8(18)11-4-10(11)7-19-3-2-9-5-13(16)14(17)6-12(9)15(19)20;/h2-3,5-6,8,10-11H,4,7,18H2,1H3;1H/t8?,10-,11-;/m0./s1. The lowest BCUT2D eigenvalue weighted by molar-refractivity contribution is 0.523. The summed E-state index contributed by atoms with van der Waals surface area (Å²) in [6.45, 7) is 2.67. The van der Waals surface area contributed by atoms with Gasteiger partial charge in [-0.1, -0.05) is 0 Å². The van der Waals surface area contributed by atoms with Gasteiger partial charge >= 0.3 is 0 Å². The maximum absolute atomic E-state index is 13.6. The first-order valence-corrected chi connectivity index (χ1v) is 7.50. The largest absolute Gasteiger partial charge is 0.328 e. The second-order valence-electron chi connectivity index (χ2n) is 5.65. The maximum Gasteiger partial charge on any atom is 0.258 e. The highest BCUT2D eigenvalue weighted by Gasteiger charge is 2.39. The van der Waals surface area contributed by atoms with Crippen LogP contribution in [-0.2, 0) is 6.54 Å². The molecule has 21 heavy (non-hydrogen) atoms. The molecular formula is C15H17BrClFN2O. The van der Waals surface area contributed by atoms with Crippen LogP contribution in [0.25, 0.3) is 10.8 Å². The van der Waals surface area contributed by atoms with Crippen LogP contribution >= 0.6 is 28.3 Å². The number of benzene rings is 1. The van der Waals surface area contributed by atoms with E-state index in [4.69, 9.17) is 5.73 Å². The summed E-state index contributed by atoms with van der Waals surface area (Å²) >= 11 is 3.14. The second kappa shape index (κ2) is 6.07. The van der Waals surface area contributed by atoms with E-state index in [2.05, 4.69) is 15.9 Å². The zero-order valence-corrected chi connectivity index (χ0v) is 14.0. The third-order valence-corrected chi connectivity index (χ3v) is 4.71. The molecule has 3 nitrogen and oxygen atoms in total. The molecule has 6 heteroatoms. The molecule has 2 aromatic rings. The monoisotopic (exact) mass is 374 g/mol. The van der Waals surface area contributed by atoms with Crippen LogP contribution in [0, 0.1) is 17.7 Å². The van der Waals surface area contributed by atoms with Gasteiger partial charge in [-0.3, -0.25) is 4.79 Å². The van der Waals surface area contributed by atoms with Crippen LogP contribution in [0.2, 0.25) is 0 Å². The van der Waals surface area contributed by atoms with Crippen LogP contribution in [0.5, 0.6) is 0 Å². The zero-order valence-electron chi connectivity index (χ0n) is 11.6. The SMILES string of the molecule is CC(N)[C@@H]1C[C@H]1Cn1ccc2cc(Br)c(F)cc2c1=O.Cl. The maximum atomic E-state index is 13.6. The van der Waals surface area contributed by atoms with Crippen molar-refractivity contribution in [3.63, 3.8) is 0 Å². The van der Waals surface area contributed by atoms with Crippen LogP contribution in [0.1, 0.15) is 13.3 Å². The van der Waals surface area contributed by atoms with Crippen LogP contribution in [-0.4, -0.2) is 10.6 Å². The molecule has 1 saturated carbocycles. The molecule has 2 N–H and O–H groups in total. The van der Waals surface area contributed by atoms with Crippen LogP contribution < -0.4 is 11.3 Å². The van der Waals surface area contributed by atoms with Crippen molar-refractivity contribution < 1.29 is 4.39 Å². The Kier molecular flexibility index (Phi) is 4.76. The number of rotatable bonds is 3. The summed E-state index contributed by atoms with van der Waals surface area (Å²) in [5.74, 6) is 0.553. The van der Waals surface area contributed by atoms with E-state index in [0.29, 0.717) is 28.2 Å². The summed E-state index contributed by atoms with van der Waals surface area (Å²) in [7, 11) is 0. The third-order valence-electron chi connectivity index (χ3n) is 4.10. The lowest BCUT2D eigenvalue weighted by Crippen LogP contribution is -2.23. The van der Waals surface area contributed by atoms with Gasteiger partial charge in [0.2, 0.25) is 0 Å². The van der Waals surface area contributed by atoms with Gasteiger partial charge in [0.05, 0.1) is 9.86 Å². The molecule has 3 atom stereocenters. The molecule has 3 rings (SSSR count). The average Bonchev–Trinajstić information content (AvgIpc) is 3.15. The molecule has 1 fully saturated rings. The first-order valence-electron chi connectivity index (χ1n) is 6.71. The molecule has 1 aliphatic rings. The van der Waals surface area contributed by atoms with Gasteiger partial charge in [0, 0.05) is 18.8 Å². The van der Waals surface area contributed by atoms with Crippen LogP contribution in [0.4, 0.5) is 4.39 Å². The Hall–Kier alpha value is -0.910. The molecule has 114 valence electrons. The Morgan fingerprint density at radius 3 is 2.86 bits per heavy atom. The van der Waals surface area contributed by atoms with Gasteiger partial charge in [0.15, 0.2) is 0 Å². The predicted octanol–water partition coefficient (Wildman–Crippen LogP) is 3.31. The minimum absolute atomic E-state index is 0. The van der Waals surface area contributed by atoms with Crippen molar-refractivity contribution >= 4 is 39.1 Å². The van der Waals surface area contributed by atoms with E-state index in [0.717, 1.165) is 11.8 Å². The van der Waals surface area contributed by atoms with Gasteiger partial charge in [-0.2, -0.15) is 0 Å². The number of nitrogens with zero attached hydrogens (tertiary/aromatic N) is 1. The highest BCUT2D eigenvalue weighted by Crippen LogP contribution is 2.41. The van der Waals surface area contributed by atoms with Gasteiger partial charge in [-0.25, -0.2) is 4.39 Å². The van der Waals surface area contributed by atoms with E-state index >= 15 is 0 Å². The Balaban J connectivity index is 0.00000161. The third kappa shape index (κ3) is 3.15. The number of halogens is 3. The molecule has 0 amide bonds. The van der Waals surface area contributed by atoms with Crippen molar-refractivity contribution in [1.82, 2.24) is 4.57 Å². The van der Waals surface area contributed by atoms with E-state index in [1.165, 1.54) is 6.07 Å². The zero-order chi connectivity index (χ0) is 14.4. The molecule has 0 bridgehead atoms. The summed E-state index contributed by atoms with van der Waals surface area (Å²) in [5.41, 5.74) is 5.73. The number of pyridine rings is 1. The lowest BCUT2D eigenvalue weighted by Gasteiger charge is -2.09. The minimum Gasteiger partial charge on any atom is -0.328 e. The van der Waals surface area contributed by atoms with E-state index < -0.39 is 5.82 Å². The van der Waals surface area contributed by atoms with Crippen LogP contribution in [0.3, 0.4) is 0 Å². The summed E-state index contributed by atoms with van der Waals surface area (Å²) in [4.78, 5) is 12.4. The molecule has 1 aliphatic carbocycles. The molecule has 1 heterocycles. The molecule has 1 unspecified atom stereocenters. The minimum atomic E-state index is -0.410. The first-order chi connectivity index (χ1) is 9.47.